The molecule has 2 aromatic carbocycles. The van der Waals surface area contributed by atoms with Gasteiger partial charge in [0.15, 0.2) is 0 Å². The number of benzene rings is 2. The van der Waals surface area contributed by atoms with Gasteiger partial charge in [0.05, 0.1) is 7.11 Å². The predicted molar refractivity (Wildman–Crippen MR) is 111 cm³/mol. The van der Waals surface area contributed by atoms with Crippen LogP contribution < -0.4 is 14.8 Å². The van der Waals surface area contributed by atoms with Gasteiger partial charge in [-0.05, 0) is 67.8 Å². The van der Waals surface area contributed by atoms with Crippen molar-refractivity contribution in [2.24, 2.45) is 0 Å². The van der Waals surface area contributed by atoms with Crippen LogP contribution >= 0.6 is 0 Å². The lowest BCUT2D eigenvalue weighted by atomic mass is 10.1. The molecule has 1 amide bonds. The zero-order valence-corrected chi connectivity index (χ0v) is 16.9. The fourth-order valence-corrected chi connectivity index (χ4v) is 3.61. The van der Waals surface area contributed by atoms with Crippen LogP contribution in [0.3, 0.4) is 0 Å². The van der Waals surface area contributed by atoms with Crippen LogP contribution in [0.25, 0.3) is 0 Å². The van der Waals surface area contributed by atoms with Crippen LogP contribution in [0.2, 0.25) is 0 Å². The molecule has 1 aliphatic heterocycles. The van der Waals surface area contributed by atoms with Crippen LogP contribution in [0.15, 0.2) is 48.5 Å². The molecular weight excluding hydrogens is 371 g/mol. The number of carbonyl (C=O) groups is 1. The van der Waals surface area contributed by atoms with Crippen molar-refractivity contribution >= 4 is 5.91 Å². The van der Waals surface area contributed by atoms with Crippen molar-refractivity contribution in [3.63, 3.8) is 0 Å². The second-order valence-corrected chi connectivity index (χ2v) is 7.22. The van der Waals surface area contributed by atoms with Gasteiger partial charge in [0.1, 0.15) is 23.9 Å². The number of carbonyl (C=O) groups excluding carboxylic acids is 1. The summed E-state index contributed by atoms with van der Waals surface area (Å²) in [6, 6.07) is 14.3. The molecule has 1 atom stereocenters. The Morgan fingerprint density at radius 2 is 1.79 bits per heavy atom. The monoisotopic (exact) mass is 400 g/mol. The molecule has 0 aliphatic carbocycles. The summed E-state index contributed by atoms with van der Waals surface area (Å²) in [5, 5.41) is 3.36. The molecule has 29 heavy (non-hydrogen) atoms. The molecule has 1 saturated heterocycles. The van der Waals surface area contributed by atoms with E-state index in [0.29, 0.717) is 31.4 Å². The van der Waals surface area contributed by atoms with E-state index in [-0.39, 0.29) is 11.7 Å². The molecule has 0 unspecified atom stereocenters. The summed E-state index contributed by atoms with van der Waals surface area (Å²) in [4.78, 5) is 14.3. The zero-order chi connectivity index (χ0) is 20.5. The van der Waals surface area contributed by atoms with E-state index >= 15 is 0 Å². The third-order valence-electron chi connectivity index (χ3n) is 5.27. The van der Waals surface area contributed by atoms with Gasteiger partial charge in [-0.1, -0.05) is 12.1 Å². The smallest absolute Gasteiger partial charge is 0.222 e. The molecule has 2 aromatic rings. The summed E-state index contributed by atoms with van der Waals surface area (Å²) >= 11 is 0. The van der Waals surface area contributed by atoms with Crippen molar-refractivity contribution < 1.29 is 18.7 Å². The van der Waals surface area contributed by atoms with Crippen molar-refractivity contribution in [3.05, 3.63) is 59.9 Å². The maximum absolute atomic E-state index is 12.9. The summed E-state index contributed by atoms with van der Waals surface area (Å²) < 4.78 is 23.6. The zero-order valence-electron chi connectivity index (χ0n) is 16.9. The number of likely N-dealkylation sites (tertiary alicyclic amines) is 1. The molecule has 6 heteroatoms. The van der Waals surface area contributed by atoms with Gasteiger partial charge < -0.3 is 19.7 Å². The normalized spacial score (nSPS) is 16.3. The van der Waals surface area contributed by atoms with Crippen molar-refractivity contribution in [2.45, 2.75) is 31.7 Å². The average molecular weight is 400 g/mol. The van der Waals surface area contributed by atoms with E-state index in [1.165, 1.54) is 17.7 Å². The number of rotatable bonds is 11. The molecule has 3 rings (SSSR count). The maximum Gasteiger partial charge on any atom is 0.222 e. The second kappa shape index (κ2) is 10.8. The third kappa shape index (κ3) is 6.46. The minimum absolute atomic E-state index is 0.253. The van der Waals surface area contributed by atoms with Crippen LogP contribution in [0.4, 0.5) is 4.39 Å². The predicted octanol–water partition coefficient (Wildman–Crippen LogP) is 3.43. The van der Waals surface area contributed by atoms with Gasteiger partial charge in [0.25, 0.3) is 0 Å². The Morgan fingerprint density at radius 3 is 2.52 bits per heavy atom. The van der Waals surface area contributed by atoms with Gasteiger partial charge in [0.2, 0.25) is 5.91 Å². The van der Waals surface area contributed by atoms with Gasteiger partial charge in [-0.25, -0.2) is 4.39 Å². The van der Waals surface area contributed by atoms with Gasteiger partial charge >= 0.3 is 0 Å². The van der Waals surface area contributed by atoms with Gasteiger partial charge in [-0.2, -0.15) is 0 Å². The number of hydrogen-bond donors (Lipinski definition) is 1. The molecule has 0 spiro atoms. The van der Waals surface area contributed by atoms with E-state index in [1.807, 2.05) is 17.0 Å². The third-order valence-corrected chi connectivity index (χ3v) is 5.27. The van der Waals surface area contributed by atoms with Crippen molar-refractivity contribution in [2.75, 3.05) is 33.4 Å². The van der Waals surface area contributed by atoms with Gasteiger partial charge in [-0.15, -0.1) is 0 Å². The average Bonchev–Trinajstić information content (AvgIpc) is 3.10. The Bertz CT molecular complexity index is 765. The summed E-state index contributed by atoms with van der Waals surface area (Å²) in [7, 11) is 1.66. The number of methoxy groups -OCH3 is 1. The summed E-state index contributed by atoms with van der Waals surface area (Å²) in [5.74, 6) is 1.50. The molecule has 1 fully saturated rings. The maximum atomic E-state index is 12.9. The number of nitrogens with zero attached hydrogens (tertiary/aromatic N) is 1. The highest BCUT2D eigenvalue weighted by Crippen LogP contribution is 2.22. The molecule has 0 aromatic heterocycles. The number of halogens is 1. The first-order chi connectivity index (χ1) is 14.2. The Morgan fingerprint density at radius 1 is 1.07 bits per heavy atom. The van der Waals surface area contributed by atoms with E-state index in [9.17, 15) is 9.18 Å². The van der Waals surface area contributed by atoms with Crippen molar-refractivity contribution in [3.8, 4) is 11.5 Å². The van der Waals surface area contributed by atoms with E-state index in [4.69, 9.17) is 9.47 Å². The molecule has 0 bridgehead atoms. The van der Waals surface area contributed by atoms with Crippen LogP contribution in [0, 0.1) is 5.82 Å². The number of amides is 1. The molecule has 0 radical (unpaired) electrons. The Balaban J connectivity index is 1.34. The van der Waals surface area contributed by atoms with E-state index in [0.717, 1.165) is 38.1 Å². The molecule has 156 valence electrons. The quantitative estimate of drug-likeness (QED) is 0.587. The highest BCUT2D eigenvalue weighted by atomic mass is 19.1. The molecule has 1 heterocycles. The fraction of sp³-hybridized carbons (Fsp3) is 0.435. The van der Waals surface area contributed by atoms with Gasteiger partial charge in [0, 0.05) is 25.6 Å². The summed E-state index contributed by atoms with van der Waals surface area (Å²) in [6.45, 7) is 2.83. The van der Waals surface area contributed by atoms with Gasteiger partial charge in [-0.3, -0.25) is 4.79 Å². The number of nitrogens with one attached hydrogen (secondary N) is 1. The van der Waals surface area contributed by atoms with E-state index in [1.54, 1.807) is 19.2 Å². The van der Waals surface area contributed by atoms with Crippen LogP contribution in [-0.2, 0) is 11.2 Å². The summed E-state index contributed by atoms with van der Waals surface area (Å²) in [6.07, 6.45) is 3.35. The molecule has 1 aliphatic rings. The highest BCUT2D eigenvalue weighted by molar-refractivity contribution is 5.78. The van der Waals surface area contributed by atoms with Crippen molar-refractivity contribution in [1.82, 2.24) is 10.2 Å². The lowest BCUT2D eigenvalue weighted by Crippen LogP contribution is -2.37. The Hall–Kier alpha value is -2.60. The SMILES string of the molecule is COc1ccc(CCN2C(=O)CC[C@H]2CCNCCOc2ccc(F)cc2)cc1. The number of ether oxygens (including phenoxy) is 2. The first-order valence-electron chi connectivity index (χ1n) is 10.2. The van der Waals surface area contributed by atoms with Crippen LogP contribution in [0.5, 0.6) is 11.5 Å². The van der Waals surface area contributed by atoms with E-state index < -0.39 is 0 Å². The lowest BCUT2D eigenvalue weighted by Gasteiger charge is -2.25. The topological polar surface area (TPSA) is 50.8 Å². The van der Waals surface area contributed by atoms with Crippen LogP contribution in [0.1, 0.15) is 24.8 Å². The molecule has 0 saturated carbocycles. The van der Waals surface area contributed by atoms with Crippen LogP contribution in [-0.4, -0.2) is 50.2 Å². The molecule has 1 N–H and O–H groups in total. The summed E-state index contributed by atoms with van der Waals surface area (Å²) in [5.41, 5.74) is 1.21. The van der Waals surface area contributed by atoms with E-state index in [2.05, 4.69) is 17.4 Å². The fourth-order valence-electron chi connectivity index (χ4n) is 3.61. The number of hydrogen-bond acceptors (Lipinski definition) is 4. The minimum Gasteiger partial charge on any atom is -0.497 e. The first kappa shape index (κ1) is 21.1. The molecular formula is C23H29FN2O3. The minimum atomic E-state index is -0.266. The standard InChI is InChI=1S/C23H29FN2O3/c1-28-21-7-2-18(3-8-21)13-16-26-20(6-11-23(26)27)12-14-25-15-17-29-22-9-4-19(24)5-10-22/h2-5,7-10,20,25H,6,11-17H2,1H3/t20-/m0/s1. The Labute approximate surface area is 171 Å². The van der Waals surface area contributed by atoms with Crippen molar-refractivity contribution in [1.29, 1.82) is 0 Å². The second-order valence-electron chi connectivity index (χ2n) is 7.22. The lowest BCUT2D eigenvalue weighted by molar-refractivity contribution is -0.129. The first-order valence-corrected chi connectivity index (χ1v) is 10.2. The Kier molecular flexibility index (Phi) is 7.87. The molecule has 5 nitrogen and oxygen atoms in total. The highest BCUT2D eigenvalue weighted by Gasteiger charge is 2.29. The largest absolute Gasteiger partial charge is 0.497 e.